The van der Waals surface area contributed by atoms with E-state index in [1.165, 1.54) is 0 Å². The molecular formula is H2AsCuNaO5. The third-order valence-corrected chi connectivity index (χ3v) is 0. The summed E-state index contributed by atoms with van der Waals surface area (Å²) in [6.07, 6.45) is 0. The van der Waals surface area contributed by atoms with Crippen LogP contribution in [0, 0.1) is 0 Å². The van der Waals surface area contributed by atoms with Crippen molar-refractivity contribution in [1.82, 2.24) is 0 Å². The first kappa shape index (κ1) is 22.6. The molecule has 5 nitrogen and oxygen atoms in total. The van der Waals surface area contributed by atoms with Gasteiger partial charge < -0.3 is 5.48 Å². The van der Waals surface area contributed by atoms with E-state index in [1.807, 2.05) is 0 Å². The second-order valence-corrected chi connectivity index (χ2v) is 2.43. The zero-order valence-corrected chi connectivity index (χ0v) is 8.69. The summed E-state index contributed by atoms with van der Waals surface area (Å²) in [5.41, 5.74) is 0. The van der Waals surface area contributed by atoms with Crippen LogP contribution in [-0.2, 0) is 20.8 Å². The van der Waals surface area contributed by atoms with Crippen molar-refractivity contribution in [3.05, 3.63) is 0 Å². The molecule has 0 saturated heterocycles. The van der Waals surface area contributed by atoms with Gasteiger partial charge in [-0.25, -0.2) is 0 Å². The van der Waals surface area contributed by atoms with E-state index >= 15 is 0 Å². The van der Waals surface area contributed by atoms with Crippen LogP contribution in [0.15, 0.2) is 0 Å². The molecule has 2 N–H and O–H groups in total. The van der Waals surface area contributed by atoms with Crippen molar-refractivity contribution in [2.24, 2.45) is 0 Å². The molecule has 0 aliphatic carbocycles. The second kappa shape index (κ2) is 8.72. The van der Waals surface area contributed by atoms with E-state index in [1.54, 1.807) is 0 Å². The van der Waals surface area contributed by atoms with Gasteiger partial charge in [0.2, 0.25) is 0 Å². The molecular weight excluding hydrogens is 241 g/mol. The summed E-state index contributed by atoms with van der Waals surface area (Å²) in [5, 5.41) is 0. The first-order valence-electron chi connectivity index (χ1n) is 0.748. The number of rotatable bonds is 0. The van der Waals surface area contributed by atoms with Gasteiger partial charge in [0.15, 0.2) is 0 Å². The summed E-state index contributed by atoms with van der Waals surface area (Å²) in [6.45, 7) is 0. The number of hydrogen-bond donors (Lipinski definition) is 1. The molecule has 0 fully saturated rings. The summed E-state index contributed by atoms with van der Waals surface area (Å²) in [5.74, 6) is 0. The zero-order valence-electron chi connectivity index (χ0n) is 3.87. The molecule has 0 aliphatic rings. The van der Waals surface area contributed by atoms with Crippen molar-refractivity contribution in [1.29, 1.82) is 0 Å². The van der Waals surface area contributed by atoms with Gasteiger partial charge in [-0.05, 0) is 0 Å². The van der Waals surface area contributed by atoms with Crippen molar-refractivity contribution < 1.29 is 68.1 Å². The SMILES string of the molecule is O=[As]([O-])([O-])O.[Cu+2].[Na+].[OH-]. The van der Waals surface area contributed by atoms with Crippen LogP contribution in [0.5, 0.6) is 0 Å². The van der Waals surface area contributed by atoms with Gasteiger partial charge in [0.25, 0.3) is 0 Å². The van der Waals surface area contributed by atoms with Crippen LogP contribution in [0.1, 0.15) is 0 Å². The van der Waals surface area contributed by atoms with E-state index in [0.29, 0.717) is 0 Å². The van der Waals surface area contributed by atoms with E-state index in [-0.39, 0.29) is 52.1 Å². The van der Waals surface area contributed by atoms with Crippen molar-refractivity contribution in [3.8, 4) is 0 Å². The zero-order chi connectivity index (χ0) is 4.50. The Morgan fingerprint density at radius 1 is 1.38 bits per heavy atom. The summed E-state index contributed by atoms with van der Waals surface area (Å²) in [6, 6.07) is 0. The average molecular weight is 243 g/mol. The van der Waals surface area contributed by atoms with Crippen LogP contribution in [0.4, 0.5) is 0 Å². The molecule has 0 aromatic heterocycles. The van der Waals surface area contributed by atoms with Gasteiger partial charge >= 0.3 is 77.2 Å². The molecule has 0 amide bonds. The van der Waals surface area contributed by atoms with Crippen molar-refractivity contribution in [3.63, 3.8) is 0 Å². The minimum absolute atomic E-state index is 0. The Morgan fingerprint density at radius 2 is 1.38 bits per heavy atom. The molecule has 0 bridgehead atoms. The molecule has 0 atom stereocenters. The van der Waals surface area contributed by atoms with Gasteiger partial charge in [0, 0.05) is 0 Å². The van der Waals surface area contributed by atoms with Crippen LogP contribution < -0.4 is 37.7 Å². The molecule has 0 spiro atoms. The van der Waals surface area contributed by atoms with Gasteiger partial charge in [-0.2, -0.15) is 0 Å². The topological polar surface area (TPSA) is 113 Å². The molecule has 8 heteroatoms. The van der Waals surface area contributed by atoms with Gasteiger partial charge in [-0.1, -0.05) is 0 Å². The summed E-state index contributed by atoms with van der Waals surface area (Å²) in [7, 11) is 0. The van der Waals surface area contributed by atoms with E-state index in [9.17, 15) is 0 Å². The van der Waals surface area contributed by atoms with Crippen LogP contribution in [-0.4, -0.2) is 24.1 Å². The van der Waals surface area contributed by atoms with Crippen molar-refractivity contribution in [2.45, 2.75) is 0 Å². The quantitative estimate of drug-likeness (QED) is 0.425. The molecule has 1 radical (unpaired) electrons. The third kappa shape index (κ3) is 118. The fraction of sp³-hybridized carbons (Fsp3) is 0. The van der Waals surface area contributed by atoms with Crippen LogP contribution in [0.3, 0.4) is 0 Å². The first-order chi connectivity index (χ1) is 2.00. The predicted molar refractivity (Wildman–Crippen MR) is 10.6 cm³/mol. The normalized spacial score (nSPS) is 7.38. The van der Waals surface area contributed by atoms with E-state index in [2.05, 4.69) is 0 Å². The molecule has 0 aromatic carbocycles. The van der Waals surface area contributed by atoms with E-state index in [0.717, 1.165) is 0 Å². The predicted octanol–water partition coefficient (Wildman–Crippen LogP) is -6.61. The Bertz CT molecular complexity index is 58.6. The van der Waals surface area contributed by atoms with Gasteiger partial charge in [0.05, 0.1) is 0 Å². The Kier molecular flexibility index (Phi) is 24.6. The maximum atomic E-state index is 8.72. The Hall–Kier alpha value is 1.72. The van der Waals surface area contributed by atoms with Gasteiger partial charge in [-0.15, -0.1) is 0 Å². The average Bonchev–Trinajstić information content (AvgIpc) is 0.722. The van der Waals surface area contributed by atoms with Crippen molar-refractivity contribution in [2.75, 3.05) is 0 Å². The molecule has 0 unspecified atom stereocenters. The standard InChI is InChI=1S/AsH3O4.Cu.Na.H2O/c2-1(3,4)5;;;/h(H3,2,3,4,5);;;1H2/q;+2;+1;/p-3. The van der Waals surface area contributed by atoms with E-state index < -0.39 is 14.5 Å². The van der Waals surface area contributed by atoms with Crippen LogP contribution >= 0.6 is 0 Å². The van der Waals surface area contributed by atoms with Crippen LogP contribution in [0.2, 0.25) is 0 Å². The largest absolute Gasteiger partial charge is 2.00 e. The molecule has 49 valence electrons. The molecule has 0 saturated carbocycles. The minimum atomic E-state index is -5.62. The van der Waals surface area contributed by atoms with Crippen LogP contribution in [0.25, 0.3) is 0 Å². The fourth-order valence-electron chi connectivity index (χ4n) is 0. The summed E-state index contributed by atoms with van der Waals surface area (Å²) < 4.78 is 33.2. The molecule has 0 rings (SSSR count). The smallest absolute Gasteiger partial charge is 0.870 e. The second-order valence-electron chi connectivity index (χ2n) is 0.469. The molecule has 0 aliphatic heterocycles. The minimum Gasteiger partial charge on any atom is -0.870 e. The monoisotopic (exact) mass is 243 g/mol. The summed E-state index contributed by atoms with van der Waals surface area (Å²) >= 11 is -5.62. The Labute approximate surface area is 81.9 Å². The maximum absolute atomic E-state index is 8.72. The van der Waals surface area contributed by atoms with Gasteiger partial charge in [-0.3, -0.25) is 0 Å². The fourth-order valence-corrected chi connectivity index (χ4v) is 0. The maximum Gasteiger partial charge on any atom is 2.00 e. The molecule has 0 heterocycles. The van der Waals surface area contributed by atoms with Crippen molar-refractivity contribution >= 4 is 14.5 Å². The molecule has 0 aromatic rings. The Balaban J connectivity index is -0.0000000267. The third-order valence-electron chi connectivity index (χ3n) is 0. The number of hydrogen-bond acceptors (Lipinski definition) is 4. The van der Waals surface area contributed by atoms with Gasteiger partial charge in [0.1, 0.15) is 0 Å². The molecule has 8 heavy (non-hydrogen) atoms. The Morgan fingerprint density at radius 3 is 1.38 bits per heavy atom. The summed E-state index contributed by atoms with van der Waals surface area (Å²) in [4.78, 5) is 0. The van der Waals surface area contributed by atoms with E-state index in [4.69, 9.17) is 16.0 Å². The first-order valence-corrected chi connectivity index (χ1v) is 3.89.